The van der Waals surface area contributed by atoms with E-state index in [1.807, 2.05) is 24.3 Å². The highest BCUT2D eigenvalue weighted by molar-refractivity contribution is 5.98. The minimum absolute atomic E-state index is 0.116. The lowest BCUT2D eigenvalue weighted by molar-refractivity contribution is -0.121. The molecule has 0 bridgehead atoms. The second-order valence-electron chi connectivity index (χ2n) is 4.52. The molecule has 1 aliphatic rings. The minimum atomic E-state index is -0.195. The lowest BCUT2D eigenvalue weighted by Gasteiger charge is -2.24. The zero-order valence-corrected chi connectivity index (χ0v) is 9.89. The Hall–Kier alpha value is -2.10. The summed E-state index contributed by atoms with van der Waals surface area (Å²) >= 11 is 0. The third-order valence-corrected chi connectivity index (χ3v) is 3.17. The van der Waals surface area contributed by atoms with Crippen LogP contribution in [0.3, 0.4) is 0 Å². The molecule has 1 saturated heterocycles. The van der Waals surface area contributed by atoms with Gasteiger partial charge in [0.15, 0.2) is 11.5 Å². The van der Waals surface area contributed by atoms with E-state index in [9.17, 15) is 9.59 Å². The van der Waals surface area contributed by atoms with Gasteiger partial charge in [-0.25, -0.2) is 0 Å². The zero-order valence-electron chi connectivity index (χ0n) is 9.89. The van der Waals surface area contributed by atoms with Crippen LogP contribution in [0.5, 0.6) is 0 Å². The number of fused-ring (bicyclic) bond motifs is 1. The summed E-state index contributed by atoms with van der Waals surface area (Å²) in [6.07, 6.45) is 1.31. The Morgan fingerprint density at radius 3 is 2.89 bits per heavy atom. The topological polar surface area (TPSA) is 50.5 Å². The Balaban J connectivity index is 1.89. The number of Topliss-reactive ketones (excluding diaryl/α,β-unsaturated/α-hetero) is 1. The molecular weight excluding hydrogens is 230 g/mol. The third-order valence-electron chi connectivity index (χ3n) is 3.17. The third kappa shape index (κ3) is 1.90. The van der Waals surface area contributed by atoms with Crippen molar-refractivity contribution in [2.24, 2.45) is 0 Å². The molecule has 3 rings (SSSR count). The molecule has 1 aromatic carbocycles. The van der Waals surface area contributed by atoms with Gasteiger partial charge in [-0.2, -0.15) is 0 Å². The van der Waals surface area contributed by atoms with Gasteiger partial charge in [0.25, 0.3) is 5.91 Å². The van der Waals surface area contributed by atoms with Crippen LogP contribution in [-0.2, 0) is 4.79 Å². The molecule has 0 radical (unpaired) electrons. The maximum Gasteiger partial charge on any atom is 0.290 e. The van der Waals surface area contributed by atoms with Crippen LogP contribution in [0, 0.1) is 0 Å². The predicted molar refractivity (Wildman–Crippen MR) is 66.4 cm³/mol. The normalized spacial score (nSPS) is 16.2. The highest BCUT2D eigenvalue weighted by atomic mass is 16.3. The minimum Gasteiger partial charge on any atom is -0.451 e. The van der Waals surface area contributed by atoms with Gasteiger partial charge in [-0.05, 0) is 18.6 Å². The molecule has 4 nitrogen and oxygen atoms in total. The van der Waals surface area contributed by atoms with Crippen LogP contribution in [0.1, 0.15) is 23.4 Å². The van der Waals surface area contributed by atoms with Crippen LogP contribution >= 0.6 is 0 Å². The van der Waals surface area contributed by atoms with E-state index in [-0.39, 0.29) is 18.2 Å². The number of carbonyl (C=O) groups is 2. The number of para-hydroxylation sites is 1. The molecule has 1 aromatic heterocycles. The maximum atomic E-state index is 12.2. The molecule has 4 heteroatoms. The van der Waals surface area contributed by atoms with Gasteiger partial charge >= 0.3 is 0 Å². The van der Waals surface area contributed by atoms with Crippen molar-refractivity contribution in [1.29, 1.82) is 0 Å². The van der Waals surface area contributed by atoms with Gasteiger partial charge in [0.2, 0.25) is 0 Å². The number of furan rings is 1. The molecule has 18 heavy (non-hydrogen) atoms. The van der Waals surface area contributed by atoms with Crippen molar-refractivity contribution in [2.75, 3.05) is 13.1 Å². The first kappa shape index (κ1) is 11.0. The Morgan fingerprint density at radius 2 is 2.11 bits per heavy atom. The lowest BCUT2D eigenvalue weighted by Crippen LogP contribution is -2.39. The number of benzene rings is 1. The fraction of sp³-hybridized carbons (Fsp3) is 0.286. The highest BCUT2D eigenvalue weighted by Gasteiger charge is 2.24. The van der Waals surface area contributed by atoms with Gasteiger partial charge in [0, 0.05) is 18.4 Å². The lowest BCUT2D eigenvalue weighted by atomic mass is 10.1. The summed E-state index contributed by atoms with van der Waals surface area (Å²) in [5, 5.41) is 0.907. The molecule has 1 amide bonds. The summed E-state index contributed by atoms with van der Waals surface area (Å²) in [5.74, 6) is 0.232. The molecule has 0 spiro atoms. The smallest absolute Gasteiger partial charge is 0.290 e. The summed E-state index contributed by atoms with van der Waals surface area (Å²) in [5.41, 5.74) is 0.698. The Kier molecular flexibility index (Phi) is 2.63. The number of piperidine rings is 1. The molecule has 2 heterocycles. The molecule has 1 aliphatic heterocycles. The summed E-state index contributed by atoms with van der Waals surface area (Å²) in [4.78, 5) is 25.1. The van der Waals surface area contributed by atoms with Gasteiger partial charge in [0.1, 0.15) is 5.58 Å². The van der Waals surface area contributed by atoms with E-state index in [0.717, 1.165) is 11.8 Å². The first-order valence-corrected chi connectivity index (χ1v) is 6.03. The monoisotopic (exact) mass is 243 g/mol. The number of ketones is 1. The fourth-order valence-electron chi connectivity index (χ4n) is 2.25. The van der Waals surface area contributed by atoms with E-state index in [1.54, 1.807) is 11.0 Å². The fourth-order valence-corrected chi connectivity index (χ4v) is 2.25. The number of nitrogens with zero attached hydrogens (tertiary/aromatic N) is 1. The van der Waals surface area contributed by atoms with Crippen LogP contribution in [0.4, 0.5) is 0 Å². The van der Waals surface area contributed by atoms with E-state index in [1.165, 1.54) is 0 Å². The van der Waals surface area contributed by atoms with Crippen molar-refractivity contribution >= 4 is 22.7 Å². The van der Waals surface area contributed by atoms with Gasteiger partial charge < -0.3 is 9.32 Å². The number of hydrogen-bond acceptors (Lipinski definition) is 3. The van der Waals surface area contributed by atoms with Crippen LogP contribution in [-0.4, -0.2) is 29.7 Å². The number of hydrogen-bond donors (Lipinski definition) is 0. The van der Waals surface area contributed by atoms with Crippen LogP contribution in [0.25, 0.3) is 11.0 Å². The van der Waals surface area contributed by atoms with E-state index < -0.39 is 0 Å². The highest BCUT2D eigenvalue weighted by Crippen LogP contribution is 2.21. The molecule has 2 aromatic rings. The molecule has 0 atom stereocenters. The predicted octanol–water partition coefficient (Wildman–Crippen LogP) is 2.24. The van der Waals surface area contributed by atoms with Crippen LogP contribution < -0.4 is 0 Å². The summed E-state index contributed by atoms with van der Waals surface area (Å²) in [7, 11) is 0. The SMILES string of the molecule is O=C1CCCN(C(=O)c2cc3ccccc3o2)C1. The number of carbonyl (C=O) groups excluding carboxylic acids is 2. The first-order valence-electron chi connectivity index (χ1n) is 6.03. The second kappa shape index (κ2) is 4.29. The van der Waals surface area contributed by atoms with E-state index in [4.69, 9.17) is 4.42 Å². The molecule has 0 saturated carbocycles. The van der Waals surface area contributed by atoms with Crippen molar-refractivity contribution in [1.82, 2.24) is 4.90 Å². The first-order chi connectivity index (χ1) is 8.74. The average Bonchev–Trinajstić information content (AvgIpc) is 2.81. The van der Waals surface area contributed by atoms with Crippen molar-refractivity contribution in [3.05, 3.63) is 36.1 Å². The maximum absolute atomic E-state index is 12.2. The molecule has 1 fully saturated rings. The summed E-state index contributed by atoms with van der Waals surface area (Å²) in [6.45, 7) is 0.831. The van der Waals surface area contributed by atoms with Gasteiger partial charge in [-0.3, -0.25) is 9.59 Å². The summed E-state index contributed by atoms with van der Waals surface area (Å²) < 4.78 is 5.52. The largest absolute Gasteiger partial charge is 0.451 e. The van der Waals surface area contributed by atoms with Gasteiger partial charge in [0.05, 0.1) is 6.54 Å². The Bertz CT molecular complexity index is 581. The van der Waals surface area contributed by atoms with E-state index in [2.05, 4.69) is 0 Å². The van der Waals surface area contributed by atoms with E-state index in [0.29, 0.717) is 24.3 Å². The van der Waals surface area contributed by atoms with Crippen molar-refractivity contribution in [3.8, 4) is 0 Å². The van der Waals surface area contributed by atoms with Crippen LogP contribution in [0.2, 0.25) is 0 Å². The van der Waals surface area contributed by atoms with Crippen molar-refractivity contribution in [2.45, 2.75) is 12.8 Å². The van der Waals surface area contributed by atoms with Crippen molar-refractivity contribution < 1.29 is 14.0 Å². The second-order valence-corrected chi connectivity index (χ2v) is 4.52. The van der Waals surface area contributed by atoms with Gasteiger partial charge in [-0.15, -0.1) is 0 Å². The summed E-state index contributed by atoms with van der Waals surface area (Å²) in [6, 6.07) is 9.22. The zero-order chi connectivity index (χ0) is 12.5. The quantitative estimate of drug-likeness (QED) is 0.771. The number of amides is 1. The molecule has 0 aliphatic carbocycles. The average molecular weight is 243 g/mol. The molecule has 92 valence electrons. The molecule has 0 N–H and O–H groups in total. The van der Waals surface area contributed by atoms with Gasteiger partial charge in [-0.1, -0.05) is 18.2 Å². The molecular formula is C14H13NO3. The number of likely N-dealkylation sites (tertiary alicyclic amines) is 1. The van der Waals surface area contributed by atoms with Crippen LogP contribution in [0.15, 0.2) is 34.7 Å². The van der Waals surface area contributed by atoms with E-state index >= 15 is 0 Å². The Labute approximate surface area is 104 Å². The standard InChI is InChI=1S/C14H13NO3/c16-11-5-3-7-15(9-11)14(17)13-8-10-4-1-2-6-12(10)18-13/h1-2,4,6,8H,3,5,7,9H2. The number of rotatable bonds is 1. The molecule has 0 unspecified atom stereocenters. The van der Waals surface area contributed by atoms with Crippen molar-refractivity contribution in [3.63, 3.8) is 0 Å². The Morgan fingerprint density at radius 1 is 1.28 bits per heavy atom.